The van der Waals surface area contributed by atoms with Crippen LogP contribution in [0.25, 0.3) is 0 Å². The van der Waals surface area contributed by atoms with E-state index in [4.69, 9.17) is 16.1 Å². The molecule has 3 heterocycles. The summed E-state index contributed by atoms with van der Waals surface area (Å²) < 4.78 is 32.8. The second kappa shape index (κ2) is 7.94. The molecule has 0 aliphatic carbocycles. The lowest BCUT2D eigenvalue weighted by atomic mass is 9.97. The lowest BCUT2D eigenvalue weighted by molar-refractivity contribution is -0.123. The Bertz CT molecular complexity index is 1030. The highest BCUT2D eigenvalue weighted by molar-refractivity contribution is 7.99. The van der Waals surface area contributed by atoms with Gasteiger partial charge in [-0.2, -0.15) is 4.31 Å². The molecule has 10 heteroatoms. The fraction of sp³-hybridized carbons (Fsp3) is 0.474. The van der Waals surface area contributed by atoms with Gasteiger partial charge in [0, 0.05) is 35.3 Å². The minimum absolute atomic E-state index is 0.0486. The summed E-state index contributed by atoms with van der Waals surface area (Å²) in [7, 11) is -3.76. The summed E-state index contributed by atoms with van der Waals surface area (Å²) in [6.45, 7) is 4.33. The number of piperidine rings is 1. The molecule has 4 rings (SSSR count). The molecule has 1 fully saturated rings. The van der Waals surface area contributed by atoms with Gasteiger partial charge in [0.25, 0.3) is 0 Å². The maximum atomic E-state index is 13.3. The van der Waals surface area contributed by atoms with Crippen LogP contribution in [0.3, 0.4) is 0 Å². The summed E-state index contributed by atoms with van der Waals surface area (Å²) in [5.74, 6) is 0.628. The topological polar surface area (TPSA) is 83.7 Å². The maximum Gasteiger partial charge on any atom is 0.248 e. The van der Waals surface area contributed by atoms with Crippen molar-refractivity contribution in [2.45, 2.75) is 36.5 Å². The number of rotatable bonds is 3. The third kappa shape index (κ3) is 3.81. The van der Waals surface area contributed by atoms with Crippen LogP contribution in [0.15, 0.2) is 32.5 Å². The number of fused-ring (bicyclic) bond motifs is 1. The number of aromatic nitrogens is 1. The summed E-state index contributed by atoms with van der Waals surface area (Å²) in [6.07, 6.45) is 1.29. The lowest BCUT2D eigenvalue weighted by Gasteiger charge is -2.36. The molecule has 29 heavy (non-hydrogen) atoms. The maximum absolute atomic E-state index is 13.3. The van der Waals surface area contributed by atoms with E-state index in [-0.39, 0.29) is 23.1 Å². The highest BCUT2D eigenvalue weighted by Crippen LogP contribution is 2.38. The van der Waals surface area contributed by atoms with E-state index in [0.717, 1.165) is 16.3 Å². The predicted molar refractivity (Wildman–Crippen MR) is 112 cm³/mol. The van der Waals surface area contributed by atoms with Gasteiger partial charge in [-0.15, -0.1) is 11.8 Å². The van der Waals surface area contributed by atoms with Gasteiger partial charge in [0.05, 0.1) is 11.6 Å². The van der Waals surface area contributed by atoms with Crippen LogP contribution in [0.4, 0.5) is 5.69 Å². The second-order valence-electron chi connectivity index (χ2n) is 7.31. The molecular weight excluding hydrogens is 434 g/mol. The molecule has 1 aromatic carbocycles. The van der Waals surface area contributed by atoms with Crippen molar-refractivity contribution in [1.82, 2.24) is 9.46 Å². The monoisotopic (exact) mass is 455 g/mol. The Morgan fingerprint density at radius 2 is 2.10 bits per heavy atom. The Morgan fingerprint density at radius 3 is 2.83 bits per heavy atom. The first-order valence-corrected chi connectivity index (χ1v) is 12.3. The summed E-state index contributed by atoms with van der Waals surface area (Å²) in [5, 5.41) is 4.35. The van der Waals surface area contributed by atoms with Gasteiger partial charge in [-0.3, -0.25) is 4.79 Å². The fourth-order valence-electron chi connectivity index (χ4n) is 3.97. The summed E-state index contributed by atoms with van der Waals surface area (Å²) in [6, 6.07) is 5.55. The van der Waals surface area contributed by atoms with Gasteiger partial charge < -0.3 is 9.42 Å². The minimum Gasteiger partial charge on any atom is -0.360 e. The predicted octanol–water partition coefficient (Wildman–Crippen LogP) is 3.48. The van der Waals surface area contributed by atoms with Gasteiger partial charge in [0.1, 0.15) is 10.6 Å². The Morgan fingerprint density at radius 1 is 1.31 bits per heavy atom. The number of hydrogen-bond donors (Lipinski definition) is 0. The van der Waals surface area contributed by atoms with Crippen molar-refractivity contribution in [3.8, 4) is 0 Å². The van der Waals surface area contributed by atoms with Crippen LogP contribution in [-0.2, 0) is 14.8 Å². The van der Waals surface area contributed by atoms with Crippen molar-refractivity contribution in [3.05, 3.63) is 34.7 Å². The fourth-order valence-corrected chi connectivity index (χ4v) is 6.93. The standard InChI is InChI=1S/C19H22ClN3O4S2/c1-12-18(13(2)27-21-12)29(25,26)22-7-3-4-14(11-22)19(24)23-8-9-28-17-6-5-15(20)10-16(17)23/h5-6,10,14H,3-4,7-9,11H2,1-2H3. The van der Waals surface area contributed by atoms with Gasteiger partial charge in [0.15, 0.2) is 5.76 Å². The van der Waals surface area contributed by atoms with Crippen molar-refractivity contribution in [3.63, 3.8) is 0 Å². The highest BCUT2D eigenvalue weighted by atomic mass is 35.5. The Hall–Kier alpha value is -1.55. The van der Waals surface area contributed by atoms with Crippen LogP contribution in [0.2, 0.25) is 5.02 Å². The molecule has 0 spiro atoms. The summed E-state index contributed by atoms with van der Waals surface area (Å²) in [4.78, 5) is 16.2. The molecular formula is C19H22ClN3O4S2. The van der Waals surface area contributed by atoms with Crippen LogP contribution in [-0.4, -0.2) is 49.2 Å². The van der Waals surface area contributed by atoms with E-state index in [1.165, 1.54) is 4.31 Å². The van der Waals surface area contributed by atoms with E-state index in [1.54, 1.807) is 30.5 Å². The zero-order valence-corrected chi connectivity index (χ0v) is 18.6. The molecule has 1 amide bonds. The van der Waals surface area contributed by atoms with Gasteiger partial charge in [-0.25, -0.2) is 8.42 Å². The molecule has 156 valence electrons. The molecule has 2 aliphatic heterocycles. The first-order chi connectivity index (χ1) is 13.8. The average Bonchev–Trinajstić information content (AvgIpc) is 3.06. The van der Waals surface area contributed by atoms with Gasteiger partial charge in [-0.1, -0.05) is 16.8 Å². The number of halogens is 1. The molecule has 1 aromatic heterocycles. The third-order valence-corrected chi connectivity index (χ3v) is 8.74. The van der Waals surface area contributed by atoms with E-state index in [1.807, 2.05) is 18.2 Å². The van der Waals surface area contributed by atoms with Crippen molar-refractivity contribution in [2.75, 3.05) is 30.3 Å². The molecule has 2 aliphatic rings. The molecule has 0 N–H and O–H groups in total. The number of carbonyl (C=O) groups excluding carboxylic acids is 1. The Kier molecular flexibility index (Phi) is 5.67. The normalized spacial score (nSPS) is 20.5. The number of sulfonamides is 1. The SMILES string of the molecule is Cc1noc(C)c1S(=O)(=O)N1CCCC(C(=O)N2CCSc3ccc(Cl)cc32)C1. The third-order valence-electron chi connectivity index (χ3n) is 5.35. The number of aryl methyl sites for hydroxylation is 2. The minimum atomic E-state index is -3.76. The van der Waals surface area contributed by atoms with Crippen LogP contribution in [0.5, 0.6) is 0 Å². The van der Waals surface area contributed by atoms with Crippen LogP contribution in [0, 0.1) is 19.8 Å². The molecule has 2 aromatic rings. The summed E-state index contributed by atoms with van der Waals surface area (Å²) in [5.41, 5.74) is 1.15. The number of benzene rings is 1. The quantitative estimate of drug-likeness (QED) is 0.704. The van der Waals surface area contributed by atoms with Crippen LogP contribution >= 0.6 is 23.4 Å². The van der Waals surface area contributed by atoms with Gasteiger partial charge in [0.2, 0.25) is 15.9 Å². The molecule has 1 saturated heterocycles. The van der Waals surface area contributed by atoms with Gasteiger partial charge >= 0.3 is 0 Å². The zero-order valence-electron chi connectivity index (χ0n) is 16.2. The largest absolute Gasteiger partial charge is 0.360 e. The number of amides is 1. The average molecular weight is 456 g/mol. The van der Waals surface area contributed by atoms with E-state index in [9.17, 15) is 13.2 Å². The first-order valence-electron chi connectivity index (χ1n) is 9.46. The number of anilines is 1. The van der Waals surface area contributed by atoms with Crippen molar-refractivity contribution >= 4 is 45.0 Å². The van der Waals surface area contributed by atoms with Crippen molar-refractivity contribution in [2.24, 2.45) is 5.92 Å². The number of carbonyl (C=O) groups is 1. The summed E-state index contributed by atoms with van der Waals surface area (Å²) >= 11 is 7.85. The van der Waals surface area contributed by atoms with Crippen LogP contribution < -0.4 is 4.90 Å². The van der Waals surface area contributed by atoms with E-state index in [0.29, 0.717) is 36.6 Å². The smallest absolute Gasteiger partial charge is 0.248 e. The molecule has 1 unspecified atom stereocenters. The lowest BCUT2D eigenvalue weighted by Crippen LogP contribution is -2.48. The Balaban J connectivity index is 1.58. The van der Waals surface area contributed by atoms with E-state index >= 15 is 0 Å². The highest BCUT2D eigenvalue weighted by Gasteiger charge is 2.38. The second-order valence-corrected chi connectivity index (χ2v) is 10.8. The number of nitrogens with zero attached hydrogens (tertiary/aromatic N) is 3. The number of thioether (sulfide) groups is 1. The van der Waals surface area contributed by atoms with Gasteiger partial charge in [-0.05, 0) is 44.9 Å². The van der Waals surface area contributed by atoms with Crippen molar-refractivity contribution in [1.29, 1.82) is 0 Å². The van der Waals surface area contributed by atoms with Crippen LogP contribution in [0.1, 0.15) is 24.3 Å². The number of hydrogen-bond acceptors (Lipinski definition) is 6. The molecule has 7 nitrogen and oxygen atoms in total. The molecule has 0 saturated carbocycles. The van der Waals surface area contributed by atoms with Crippen molar-refractivity contribution < 1.29 is 17.7 Å². The zero-order chi connectivity index (χ0) is 20.8. The Labute approximate surface area is 179 Å². The first kappa shape index (κ1) is 20.7. The van der Waals surface area contributed by atoms with E-state index < -0.39 is 15.9 Å². The molecule has 0 radical (unpaired) electrons. The molecule has 0 bridgehead atoms. The van der Waals surface area contributed by atoms with E-state index in [2.05, 4.69) is 5.16 Å². The molecule has 1 atom stereocenters.